The molecule has 1 spiro atoms. The molecule has 2 fully saturated rings. The van der Waals surface area contributed by atoms with Gasteiger partial charge in [-0.25, -0.2) is 4.79 Å². The number of ether oxygens (including phenoxy) is 3. The first kappa shape index (κ1) is 13.6. The summed E-state index contributed by atoms with van der Waals surface area (Å²) in [5.74, 6) is -0.249. The molecular formula is C16H20O4. The Bertz CT molecular complexity index is 492. The molecular weight excluding hydrogens is 256 g/mol. The van der Waals surface area contributed by atoms with Gasteiger partial charge >= 0.3 is 5.97 Å². The van der Waals surface area contributed by atoms with E-state index >= 15 is 0 Å². The van der Waals surface area contributed by atoms with Gasteiger partial charge in [0.25, 0.3) is 0 Å². The predicted molar refractivity (Wildman–Crippen MR) is 73.1 cm³/mol. The minimum atomic E-state index is -0.714. The molecule has 1 aromatic carbocycles. The van der Waals surface area contributed by atoms with Crippen LogP contribution in [-0.2, 0) is 25.6 Å². The molecule has 1 unspecified atom stereocenters. The molecule has 0 radical (unpaired) electrons. The maximum absolute atomic E-state index is 11.8. The van der Waals surface area contributed by atoms with Gasteiger partial charge in [0.15, 0.2) is 5.60 Å². The van der Waals surface area contributed by atoms with Crippen LogP contribution in [0.4, 0.5) is 0 Å². The van der Waals surface area contributed by atoms with E-state index in [2.05, 4.69) is 0 Å². The van der Waals surface area contributed by atoms with Crippen molar-refractivity contribution in [3.63, 3.8) is 0 Å². The smallest absolute Gasteiger partial charge is 0.341 e. The molecule has 4 heteroatoms. The van der Waals surface area contributed by atoms with E-state index in [4.69, 9.17) is 14.2 Å². The van der Waals surface area contributed by atoms with Crippen molar-refractivity contribution >= 4 is 5.97 Å². The van der Waals surface area contributed by atoms with Gasteiger partial charge in [-0.2, -0.15) is 0 Å². The van der Waals surface area contributed by atoms with Crippen molar-refractivity contribution in [2.24, 2.45) is 0 Å². The average Bonchev–Trinajstić information content (AvgIpc) is 3.15. The highest BCUT2D eigenvalue weighted by Gasteiger charge is 2.78. The molecule has 1 saturated heterocycles. The zero-order valence-electron chi connectivity index (χ0n) is 11.9. The second-order valence-corrected chi connectivity index (χ2v) is 5.60. The summed E-state index contributed by atoms with van der Waals surface area (Å²) < 4.78 is 16.5. The van der Waals surface area contributed by atoms with Crippen LogP contribution in [0, 0.1) is 0 Å². The third-order valence-corrected chi connectivity index (χ3v) is 4.52. The van der Waals surface area contributed by atoms with Crippen LogP contribution in [0.3, 0.4) is 0 Å². The fourth-order valence-corrected chi connectivity index (χ4v) is 3.23. The van der Waals surface area contributed by atoms with Crippen LogP contribution in [-0.4, -0.2) is 30.4 Å². The number of methoxy groups -OCH3 is 1. The van der Waals surface area contributed by atoms with E-state index in [0.717, 1.165) is 12.8 Å². The summed E-state index contributed by atoms with van der Waals surface area (Å²) in [6.45, 7) is 2.57. The zero-order valence-corrected chi connectivity index (χ0v) is 11.9. The molecule has 1 aliphatic carbocycles. The van der Waals surface area contributed by atoms with Gasteiger partial charge < -0.3 is 14.2 Å². The lowest BCUT2D eigenvalue weighted by molar-refractivity contribution is -0.147. The van der Waals surface area contributed by atoms with Crippen molar-refractivity contribution in [3.8, 4) is 0 Å². The van der Waals surface area contributed by atoms with Crippen molar-refractivity contribution in [3.05, 3.63) is 35.9 Å². The normalized spacial score (nSPS) is 34.6. The Morgan fingerprint density at radius 1 is 1.35 bits per heavy atom. The maximum Gasteiger partial charge on any atom is 0.341 e. The van der Waals surface area contributed by atoms with Gasteiger partial charge in [-0.1, -0.05) is 37.3 Å². The number of esters is 1. The Kier molecular flexibility index (Phi) is 3.30. The molecule has 2 aliphatic rings. The van der Waals surface area contributed by atoms with E-state index < -0.39 is 5.60 Å². The molecule has 0 aromatic heterocycles. The summed E-state index contributed by atoms with van der Waals surface area (Å²) in [5, 5.41) is 0. The average molecular weight is 276 g/mol. The number of hydrogen-bond donors (Lipinski definition) is 0. The molecule has 4 nitrogen and oxygen atoms in total. The molecule has 0 amide bonds. The number of carbonyl (C=O) groups is 1. The van der Waals surface area contributed by atoms with Crippen molar-refractivity contribution in [2.75, 3.05) is 7.11 Å². The number of rotatable bonds is 5. The van der Waals surface area contributed by atoms with Crippen molar-refractivity contribution in [1.82, 2.24) is 0 Å². The molecule has 3 rings (SSSR count). The van der Waals surface area contributed by atoms with Crippen LogP contribution in [0.5, 0.6) is 0 Å². The Hall–Kier alpha value is -1.39. The third-order valence-electron chi connectivity index (χ3n) is 4.52. The van der Waals surface area contributed by atoms with Gasteiger partial charge in [0, 0.05) is 12.8 Å². The number of epoxide rings is 1. The van der Waals surface area contributed by atoms with E-state index in [1.165, 1.54) is 12.7 Å². The summed E-state index contributed by atoms with van der Waals surface area (Å²) in [6.07, 6.45) is 2.39. The molecule has 108 valence electrons. The minimum absolute atomic E-state index is 0.174. The third kappa shape index (κ3) is 1.95. The molecule has 1 aliphatic heterocycles. The summed E-state index contributed by atoms with van der Waals surface area (Å²) in [4.78, 5) is 11.8. The van der Waals surface area contributed by atoms with Gasteiger partial charge in [0.1, 0.15) is 5.60 Å². The number of benzene rings is 1. The number of hydrogen-bond acceptors (Lipinski definition) is 4. The van der Waals surface area contributed by atoms with Crippen LogP contribution in [0.15, 0.2) is 30.3 Å². The minimum Gasteiger partial charge on any atom is -0.467 e. The van der Waals surface area contributed by atoms with Crippen LogP contribution in [0.1, 0.15) is 31.7 Å². The van der Waals surface area contributed by atoms with Crippen molar-refractivity contribution in [2.45, 2.75) is 50.1 Å². The Balaban J connectivity index is 1.51. The lowest BCUT2D eigenvalue weighted by atomic mass is 9.72. The molecule has 0 N–H and O–H groups in total. The van der Waals surface area contributed by atoms with Crippen LogP contribution in [0.25, 0.3) is 0 Å². The Morgan fingerprint density at radius 2 is 2.05 bits per heavy atom. The molecule has 1 atom stereocenters. The Morgan fingerprint density at radius 3 is 2.65 bits per heavy atom. The first-order valence-electron chi connectivity index (χ1n) is 7.10. The van der Waals surface area contributed by atoms with E-state index in [-0.39, 0.29) is 17.7 Å². The van der Waals surface area contributed by atoms with Gasteiger partial charge in [-0.3, -0.25) is 0 Å². The summed E-state index contributed by atoms with van der Waals surface area (Å²) >= 11 is 0. The van der Waals surface area contributed by atoms with Crippen molar-refractivity contribution in [1.29, 1.82) is 0 Å². The van der Waals surface area contributed by atoms with Crippen LogP contribution in [0.2, 0.25) is 0 Å². The lowest BCUT2D eigenvalue weighted by Gasteiger charge is -2.34. The first-order valence-corrected chi connectivity index (χ1v) is 7.10. The molecule has 1 heterocycles. The topological polar surface area (TPSA) is 48.1 Å². The quantitative estimate of drug-likeness (QED) is 0.612. The largest absolute Gasteiger partial charge is 0.467 e. The predicted octanol–water partition coefficient (Wildman–Crippen LogP) is 2.46. The fourth-order valence-electron chi connectivity index (χ4n) is 3.23. The van der Waals surface area contributed by atoms with Gasteiger partial charge in [-0.15, -0.1) is 0 Å². The van der Waals surface area contributed by atoms with Gasteiger partial charge in [0.05, 0.1) is 19.8 Å². The van der Waals surface area contributed by atoms with E-state index in [1.54, 1.807) is 0 Å². The molecule has 1 saturated carbocycles. The first-order chi connectivity index (χ1) is 9.66. The van der Waals surface area contributed by atoms with Gasteiger partial charge in [-0.05, 0) is 12.0 Å². The van der Waals surface area contributed by atoms with Crippen LogP contribution >= 0.6 is 0 Å². The molecule has 1 aromatic rings. The summed E-state index contributed by atoms with van der Waals surface area (Å²) in [6, 6.07) is 10.1. The fraction of sp³-hybridized carbons (Fsp3) is 0.562. The van der Waals surface area contributed by atoms with Crippen molar-refractivity contribution < 1.29 is 19.0 Å². The highest BCUT2D eigenvalue weighted by atomic mass is 16.7. The number of carbonyl (C=O) groups excluding carboxylic acids is 1. The Labute approximate surface area is 119 Å². The van der Waals surface area contributed by atoms with E-state index in [1.807, 2.05) is 37.3 Å². The van der Waals surface area contributed by atoms with E-state index in [9.17, 15) is 4.79 Å². The van der Waals surface area contributed by atoms with E-state index in [0.29, 0.717) is 13.0 Å². The molecule has 0 bridgehead atoms. The zero-order chi connectivity index (χ0) is 14.2. The standard InChI is InChI=1S/C16H20O4/c1-3-16(14(17)18-2)15(20-16)9-13(10-15)19-11-12-7-5-4-6-8-12/h4-8,13H,3,9-11H2,1-2H3. The highest BCUT2D eigenvalue weighted by molar-refractivity contribution is 5.85. The highest BCUT2D eigenvalue weighted by Crippen LogP contribution is 2.63. The molecule has 20 heavy (non-hydrogen) atoms. The lowest BCUT2D eigenvalue weighted by Crippen LogP contribution is -2.47. The monoisotopic (exact) mass is 276 g/mol. The maximum atomic E-state index is 11.8. The SMILES string of the molecule is CCC1(C(=O)OC)OC12CC(OCc1ccccc1)C2. The van der Waals surface area contributed by atoms with Gasteiger partial charge in [0.2, 0.25) is 0 Å². The summed E-state index contributed by atoms with van der Waals surface area (Å²) in [5.41, 5.74) is 0.129. The summed E-state index contributed by atoms with van der Waals surface area (Å²) in [7, 11) is 1.41. The second-order valence-electron chi connectivity index (χ2n) is 5.60. The van der Waals surface area contributed by atoms with Crippen LogP contribution < -0.4 is 0 Å². The second kappa shape index (κ2) is 4.86.